The molecule has 2 aromatic rings. The molecule has 6 heteroatoms. The number of nitrogens with zero attached hydrogens (tertiary/aromatic N) is 2. The summed E-state index contributed by atoms with van der Waals surface area (Å²) >= 11 is 7.58. The molecule has 1 aromatic carbocycles. The van der Waals surface area contributed by atoms with Crippen molar-refractivity contribution in [1.29, 1.82) is 0 Å². The first kappa shape index (κ1) is 18.0. The molecular formula is C19H21ClN2O2S. The largest absolute Gasteiger partial charge is 0.339 e. The van der Waals surface area contributed by atoms with Crippen molar-refractivity contribution in [3.63, 3.8) is 0 Å². The molecule has 2 heterocycles. The predicted molar refractivity (Wildman–Crippen MR) is 101 cm³/mol. The minimum atomic E-state index is 0.144. The predicted octanol–water partition coefficient (Wildman–Crippen LogP) is 3.25. The van der Waals surface area contributed by atoms with Gasteiger partial charge < -0.3 is 9.80 Å². The summed E-state index contributed by atoms with van der Waals surface area (Å²) in [4.78, 5) is 29.5. The summed E-state index contributed by atoms with van der Waals surface area (Å²) in [6, 6.07) is 11.6. The molecule has 0 spiro atoms. The maximum atomic E-state index is 12.4. The lowest BCUT2D eigenvalue weighted by molar-refractivity contribution is -0.139. The Balaban J connectivity index is 1.43. The van der Waals surface area contributed by atoms with Gasteiger partial charge in [0.25, 0.3) is 0 Å². The number of piperazine rings is 1. The maximum Gasteiger partial charge on any atom is 0.227 e. The molecule has 4 nitrogen and oxygen atoms in total. The maximum absolute atomic E-state index is 12.4. The van der Waals surface area contributed by atoms with Crippen LogP contribution in [-0.2, 0) is 22.4 Å². The third-order valence-electron chi connectivity index (χ3n) is 4.41. The van der Waals surface area contributed by atoms with Crippen LogP contribution in [0.5, 0.6) is 0 Å². The Morgan fingerprint density at radius 1 is 1.00 bits per heavy atom. The Hall–Kier alpha value is -1.85. The molecule has 0 radical (unpaired) electrons. The Bertz CT molecular complexity index is 725. The van der Waals surface area contributed by atoms with Crippen LogP contribution in [0, 0.1) is 0 Å². The van der Waals surface area contributed by atoms with E-state index in [2.05, 4.69) is 0 Å². The van der Waals surface area contributed by atoms with E-state index < -0.39 is 0 Å². The molecular weight excluding hydrogens is 356 g/mol. The van der Waals surface area contributed by atoms with Crippen molar-refractivity contribution in [1.82, 2.24) is 9.80 Å². The van der Waals surface area contributed by atoms with E-state index in [4.69, 9.17) is 11.6 Å². The molecule has 3 rings (SSSR count). The van der Waals surface area contributed by atoms with Gasteiger partial charge >= 0.3 is 0 Å². The van der Waals surface area contributed by atoms with E-state index in [1.54, 1.807) is 11.3 Å². The van der Waals surface area contributed by atoms with E-state index >= 15 is 0 Å². The summed E-state index contributed by atoms with van der Waals surface area (Å²) in [5.74, 6) is 0.291. The highest BCUT2D eigenvalue weighted by Gasteiger charge is 2.24. The lowest BCUT2D eigenvalue weighted by atomic mass is 10.1. The molecule has 0 unspecified atom stereocenters. The van der Waals surface area contributed by atoms with E-state index in [9.17, 15) is 9.59 Å². The standard InChI is InChI=1S/C19H21ClN2O2S/c20-16-4-1-3-15(13-16)6-7-18(23)21-8-10-22(11-9-21)19(24)14-17-5-2-12-25-17/h1-5,12-13H,6-11,14H2. The van der Waals surface area contributed by atoms with E-state index in [0.717, 1.165) is 10.4 Å². The van der Waals surface area contributed by atoms with Gasteiger partial charge in [-0.1, -0.05) is 29.8 Å². The third kappa shape index (κ3) is 5.06. The number of benzene rings is 1. The van der Waals surface area contributed by atoms with Gasteiger partial charge in [-0.2, -0.15) is 0 Å². The second-order valence-electron chi connectivity index (χ2n) is 6.15. The fourth-order valence-electron chi connectivity index (χ4n) is 2.98. The Morgan fingerprint density at radius 3 is 2.36 bits per heavy atom. The van der Waals surface area contributed by atoms with E-state index in [-0.39, 0.29) is 11.8 Å². The molecule has 1 saturated heterocycles. The molecule has 2 amide bonds. The Labute approximate surface area is 157 Å². The van der Waals surface area contributed by atoms with E-state index in [0.29, 0.717) is 50.5 Å². The topological polar surface area (TPSA) is 40.6 Å². The number of halogens is 1. The number of carbonyl (C=O) groups is 2. The number of hydrogen-bond donors (Lipinski definition) is 0. The van der Waals surface area contributed by atoms with Crippen molar-refractivity contribution in [2.24, 2.45) is 0 Å². The number of aryl methyl sites for hydroxylation is 1. The van der Waals surface area contributed by atoms with Crippen LogP contribution in [0.25, 0.3) is 0 Å². The zero-order chi connectivity index (χ0) is 17.6. The highest BCUT2D eigenvalue weighted by molar-refractivity contribution is 7.10. The first-order chi connectivity index (χ1) is 12.1. The van der Waals surface area contributed by atoms with Gasteiger partial charge in [0.2, 0.25) is 11.8 Å². The van der Waals surface area contributed by atoms with Crippen LogP contribution in [0.1, 0.15) is 16.9 Å². The van der Waals surface area contributed by atoms with Gasteiger partial charge in [0.05, 0.1) is 6.42 Å². The molecule has 0 aliphatic carbocycles. The number of amides is 2. The van der Waals surface area contributed by atoms with Gasteiger partial charge in [0.1, 0.15) is 0 Å². The van der Waals surface area contributed by atoms with Crippen LogP contribution in [0.4, 0.5) is 0 Å². The number of carbonyl (C=O) groups excluding carboxylic acids is 2. The van der Waals surface area contributed by atoms with Gasteiger partial charge in [0, 0.05) is 42.5 Å². The second-order valence-corrected chi connectivity index (χ2v) is 7.62. The van der Waals surface area contributed by atoms with Crippen molar-refractivity contribution >= 4 is 34.8 Å². The average molecular weight is 377 g/mol. The minimum Gasteiger partial charge on any atom is -0.339 e. The number of thiophene rings is 1. The molecule has 0 atom stereocenters. The van der Waals surface area contributed by atoms with Crippen molar-refractivity contribution in [2.45, 2.75) is 19.3 Å². The highest BCUT2D eigenvalue weighted by Crippen LogP contribution is 2.14. The molecule has 0 N–H and O–H groups in total. The minimum absolute atomic E-state index is 0.144. The quantitative estimate of drug-likeness (QED) is 0.803. The first-order valence-electron chi connectivity index (χ1n) is 8.44. The Morgan fingerprint density at radius 2 is 1.72 bits per heavy atom. The van der Waals surface area contributed by atoms with E-state index in [1.165, 1.54) is 0 Å². The summed E-state index contributed by atoms with van der Waals surface area (Å²) in [5.41, 5.74) is 1.07. The number of rotatable bonds is 5. The van der Waals surface area contributed by atoms with Gasteiger partial charge in [-0.25, -0.2) is 0 Å². The fraction of sp³-hybridized carbons (Fsp3) is 0.368. The van der Waals surface area contributed by atoms with E-state index in [1.807, 2.05) is 51.6 Å². The molecule has 0 saturated carbocycles. The van der Waals surface area contributed by atoms with Crippen molar-refractivity contribution in [2.75, 3.05) is 26.2 Å². The van der Waals surface area contributed by atoms with Gasteiger partial charge in [0.15, 0.2) is 0 Å². The highest BCUT2D eigenvalue weighted by atomic mass is 35.5. The SMILES string of the molecule is O=C(CCc1cccc(Cl)c1)N1CCN(C(=O)Cc2cccs2)CC1. The van der Waals surface area contributed by atoms with Crippen molar-refractivity contribution in [3.8, 4) is 0 Å². The first-order valence-corrected chi connectivity index (χ1v) is 9.70. The zero-order valence-corrected chi connectivity index (χ0v) is 15.6. The molecule has 1 aliphatic heterocycles. The molecule has 1 aromatic heterocycles. The summed E-state index contributed by atoms with van der Waals surface area (Å²) < 4.78 is 0. The fourth-order valence-corrected chi connectivity index (χ4v) is 3.89. The lowest BCUT2D eigenvalue weighted by Gasteiger charge is -2.35. The van der Waals surface area contributed by atoms with Crippen LogP contribution >= 0.6 is 22.9 Å². The van der Waals surface area contributed by atoms with Gasteiger partial charge in [-0.05, 0) is 35.6 Å². The Kier molecular flexibility index (Phi) is 6.10. The van der Waals surface area contributed by atoms with Crippen LogP contribution in [0.15, 0.2) is 41.8 Å². The number of hydrogen-bond acceptors (Lipinski definition) is 3. The van der Waals surface area contributed by atoms with Crippen molar-refractivity contribution < 1.29 is 9.59 Å². The molecule has 25 heavy (non-hydrogen) atoms. The van der Waals surface area contributed by atoms with Crippen LogP contribution < -0.4 is 0 Å². The second kappa shape index (κ2) is 8.50. The monoisotopic (exact) mass is 376 g/mol. The summed E-state index contributed by atoms with van der Waals surface area (Å²) in [5, 5.41) is 2.68. The summed E-state index contributed by atoms with van der Waals surface area (Å²) in [7, 11) is 0. The van der Waals surface area contributed by atoms with Crippen LogP contribution in [0.2, 0.25) is 5.02 Å². The third-order valence-corrected chi connectivity index (χ3v) is 5.52. The average Bonchev–Trinajstić information content (AvgIpc) is 3.13. The smallest absolute Gasteiger partial charge is 0.227 e. The van der Waals surface area contributed by atoms with Crippen LogP contribution in [-0.4, -0.2) is 47.8 Å². The van der Waals surface area contributed by atoms with Gasteiger partial charge in [-0.3, -0.25) is 9.59 Å². The zero-order valence-electron chi connectivity index (χ0n) is 14.0. The molecule has 1 fully saturated rings. The summed E-state index contributed by atoms with van der Waals surface area (Å²) in [6.07, 6.45) is 1.63. The molecule has 0 bridgehead atoms. The van der Waals surface area contributed by atoms with Gasteiger partial charge in [-0.15, -0.1) is 11.3 Å². The van der Waals surface area contributed by atoms with Crippen molar-refractivity contribution in [3.05, 3.63) is 57.2 Å². The normalized spacial score (nSPS) is 14.6. The molecule has 132 valence electrons. The lowest BCUT2D eigenvalue weighted by Crippen LogP contribution is -2.51. The summed E-state index contributed by atoms with van der Waals surface area (Å²) in [6.45, 7) is 2.47. The molecule has 1 aliphatic rings. The van der Waals surface area contributed by atoms with Crippen LogP contribution in [0.3, 0.4) is 0 Å².